The number of nitrogens with one attached hydrogen (secondary N) is 1. The second-order valence-corrected chi connectivity index (χ2v) is 7.25. The predicted octanol–water partition coefficient (Wildman–Crippen LogP) is 3.63. The molecule has 1 atom stereocenters. The Morgan fingerprint density at radius 3 is 2.66 bits per heavy atom. The minimum absolute atomic E-state index is 0.0930. The lowest BCUT2D eigenvalue weighted by atomic mass is 10.1. The fourth-order valence-electron chi connectivity index (χ4n) is 3.23. The van der Waals surface area contributed by atoms with E-state index in [-0.39, 0.29) is 27.3 Å². The monoisotopic (exact) mass is 464 g/mol. The van der Waals surface area contributed by atoms with Crippen LogP contribution in [0, 0.1) is 0 Å². The third-order valence-electron chi connectivity index (χ3n) is 4.69. The van der Waals surface area contributed by atoms with Gasteiger partial charge in [-0.3, -0.25) is 4.79 Å². The zero-order valence-electron chi connectivity index (χ0n) is 16.8. The highest BCUT2D eigenvalue weighted by Crippen LogP contribution is 2.38. The van der Waals surface area contributed by atoms with Crippen LogP contribution in [0.4, 0.5) is 19.0 Å². The van der Waals surface area contributed by atoms with Crippen molar-refractivity contribution >= 4 is 28.3 Å². The quantitative estimate of drug-likeness (QED) is 0.481. The average molecular weight is 465 g/mol. The number of alkyl halides is 3. The molecule has 0 aliphatic rings. The summed E-state index contributed by atoms with van der Waals surface area (Å²) in [6.07, 6.45) is -2.27. The van der Waals surface area contributed by atoms with Gasteiger partial charge in [-0.1, -0.05) is 11.6 Å². The zero-order chi connectivity index (χ0) is 23.0. The third kappa shape index (κ3) is 4.00. The Kier molecular flexibility index (Phi) is 5.55. The Balaban J connectivity index is 1.74. The fraction of sp³-hybridized carbons (Fsp3) is 0.263. The molecule has 0 fully saturated rings. The molecular formula is C19H16ClF3N8O. The Morgan fingerprint density at radius 1 is 1.16 bits per heavy atom. The zero-order valence-corrected chi connectivity index (χ0v) is 17.6. The number of anilines is 1. The van der Waals surface area contributed by atoms with Gasteiger partial charge in [-0.15, -0.1) is 5.10 Å². The van der Waals surface area contributed by atoms with Crippen molar-refractivity contribution in [3.63, 3.8) is 0 Å². The molecule has 1 aromatic carbocycles. The number of rotatable bonds is 5. The summed E-state index contributed by atoms with van der Waals surface area (Å²) in [5.41, 5.74) is -1.48. The van der Waals surface area contributed by atoms with Gasteiger partial charge >= 0.3 is 6.18 Å². The molecule has 9 nitrogen and oxygen atoms in total. The van der Waals surface area contributed by atoms with Crippen LogP contribution in [0.3, 0.4) is 0 Å². The van der Waals surface area contributed by atoms with Crippen LogP contribution in [0.5, 0.6) is 0 Å². The normalized spacial score (nSPS) is 12.8. The standard InChI is InChI=1S/C19H16ClF3N8O/c1-3-30-15(32)5-4-14(29-30)31-18(26-9-27-31)10(2)28-17-12-6-11(20)7-13(19(21,22)23)16(12)24-8-25-17/h4-10H,3H2,1-2H3,(H,24,25,28)/t10-/m0/s1. The van der Waals surface area contributed by atoms with Gasteiger partial charge < -0.3 is 5.32 Å². The molecule has 0 saturated heterocycles. The van der Waals surface area contributed by atoms with Crippen molar-refractivity contribution in [1.82, 2.24) is 34.5 Å². The number of hydrogen-bond acceptors (Lipinski definition) is 7. The van der Waals surface area contributed by atoms with Gasteiger partial charge in [-0.25, -0.2) is 19.6 Å². The summed E-state index contributed by atoms with van der Waals surface area (Å²) < 4.78 is 43.1. The van der Waals surface area contributed by atoms with Crippen LogP contribution in [0.2, 0.25) is 5.02 Å². The van der Waals surface area contributed by atoms with E-state index in [1.807, 2.05) is 0 Å². The van der Waals surface area contributed by atoms with Crippen LogP contribution < -0.4 is 10.9 Å². The first-order valence-corrected chi connectivity index (χ1v) is 9.83. The maximum atomic E-state index is 13.5. The Morgan fingerprint density at radius 2 is 1.94 bits per heavy atom. The lowest BCUT2D eigenvalue weighted by Crippen LogP contribution is -2.24. The number of aromatic nitrogens is 7. The molecule has 0 amide bonds. The highest BCUT2D eigenvalue weighted by molar-refractivity contribution is 6.31. The van der Waals surface area contributed by atoms with Gasteiger partial charge in [0.1, 0.15) is 18.5 Å². The Bertz CT molecular complexity index is 1350. The first-order valence-electron chi connectivity index (χ1n) is 9.45. The van der Waals surface area contributed by atoms with Gasteiger partial charge in [-0.2, -0.15) is 23.0 Å². The van der Waals surface area contributed by atoms with Gasteiger partial charge in [-0.05, 0) is 32.0 Å². The average Bonchev–Trinajstić information content (AvgIpc) is 3.23. The summed E-state index contributed by atoms with van der Waals surface area (Å²) >= 11 is 5.94. The number of nitrogens with zero attached hydrogens (tertiary/aromatic N) is 7. The van der Waals surface area contributed by atoms with E-state index < -0.39 is 17.8 Å². The largest absolute Gasteiger partial charge is 0.418 e. The van der Waals surface area contributed by atoms with Crippen molar-refractivity contribution < 1.29 is 13.2 Å². The number of benzene rings is 1. The fourth-order valence-corrected chi connectivity index (χ4v) is 3.45. The van der Waals surface area contributed by atoms with Gasteiger partial charge in [0, 0.05) is 23.0 Å². The van der Waals surface area contributed by atoms with Gasteiger partial charge in [0.2, 0.25) is 0 Å². The summed E-state index contributed by atoms with van der Waals surface area (Å²) in [4.78, 5) is 24.0. The molecule has 1 N–H and O–H groups in total. The molecule has 0 aliphatic carbocycles. The maximum Gasteiger partial charge on any atom is 0.418 e. The maximum absolute atomic E-state index is 13.5. The minimum atomic E-state index is -4.63. The molecule has 0 aliphatic heterocycles. The summed E-state index contributed by atoms with van der Waals surface area (Å²) in [6.45, 7) is 3.89. The summed E-state index contributed by atoms with van der Waals surface area (Å²) in [6, 6.07) is 4.52. The van der Waals surface area contributed by atoms with E-state index in [2.05, 4.69) is 30.5 Å². The van der Waals surface area contributed by atoms with Crippen LogP contribution in [0.15, 0.2) is 41.7 Å². The van der Waals surface area contributed by atoms with Crippen LogP contribution >= 0.6 is 11.6 Å². The van der Waals surface area contributed by atoms with Crippen LogP contribution in [0.1, 0.15) is 31.3 Å². The molecule has 3 aromatic heterocycles. The molecule has 0 radical (unpaired) electrons. The molecule has 32 heavy (non-hydrogen) atoms. The third-order valence-corrected chi connectivity index (χ3v) is 4.91. The van der Waals surface area contributed by atoms with E-state index in [0.29, 0.717) is 18.2 Å². The molecule has 0 bridgehead atoms. The molecule has 13 heteroatoms. The smallest absolute Gasteiger partial charge is 0.360 e. The van der Waals surface area contributed by atoms with E-state index >= 15 is 0 Å². The van der Waals surface area contributed by atoms with Crippen LogP contribution in [-0.4, -0.2) is 34.5 Å². The van der Waals surface area contributed by atoms with Crippen molar-refractivity contribution in [2.75, 3.05) is 5.32 Å². The van der Waals surface area contributed by atoms with E-state index in [1.165, 1.54) is 33.9 Å². The lowest BCUT2D eigenvalue weighted by Gasteiger charge is -2.17. The molecule has 3 heterocycles. The molecule has 4 aromatic rings. The number of aryl methyl sites for hydroxylation is 1. The van der Waals surface area contributed by atoms with Gasteiger partial charge in [0.05, 0.1) is 17.1 Å². The van der Waals surface area contributed by atoms with E-state index in [4.69, 9.17) is 11.6 Å². The summed E-state index contributed by atoms with van der Waals surface area (Å²) in [5.74, 6) is 0.919. The second kappa shape index (κ2) is 8.19. The summed E-state index contributed by atoms with van der Waals surface area (Å²) in [7, 11) is 0. The first-order chi connectivity index (χ1) is 15.2. The van der Waals surface area contributed by atoms with Gasteiger partial charge in [0.25, 0.3) is 5.56 Å². The lowest BCUT2D eigenvalue weighted by molar-refractivity contribution is -0.136. The van der Waals surface area contributed by atoms with Crippen molar-refractivity contribution in [3.05, 3.63) is 63.7 Å². The Hall–Kier alpha value is -3.54. The molecule has 0 saturated carbocycles. The Labute approximate surface area is 183 Å². The van der Waals surface area contributed by atoms with Crippen molar-refractivity contribution in [3.8, 4) is 5.82 Å². The number of hydrogen-bond donors (Lipinski definition) is 1. The topological polar surface area (TPSA) is 103 Å². The van der Waals surface area contributed by atoms with Crippen LogP contribution in [0.25, 0.3) is 16.7 Å². The van der Waals surface area contributed by atoms with Gasteiger partial charge in [0.15, 0.2) is 11.6 Å². The highest BCUT2D eigenvalue weighted by Gasteiger charge is 2.34. The molecule has 166 valence electrons. The number of fused-ring (bicyclic) bond motifs is 1. The van der Waals surface area contributed by atoms with E-state index in [0.717, 1.165) is 12.4 Å². The molecular weight excluding hydrogens is 449 g/mol. The molecule has 4 rings (SSSR count). The summed E-state index contributed by atoms with van der Waals surface area (Å²) in [5, 5.41) is 11.5. The van der Waals surface area contributed by atoms with Crippen molar-refractivity contribution in [1.29, 1.82) is 0 Å². The SMILES string of the molecule is CCn1nc(-n2ncnc2[C@H](C)Nc2ncnc3c(C(F)(F)F)cc(Cl)cc23)ccc1=O. The van der Waals surface area contributed by atoms with Crippen LogP contribution in [-0.2, 0) is 12.7 Å². The first kappa shape index (κ1) is 21.7. The predicted molar refractivity (Wildman–Crippen MR) is 111 cm³/mol. The minimum Gasteiger partial charge on any atom is -0.360 e. The molecule has 0 unspecified atom stereocenters. The number of halogens is 4. The van der Waals surface area contributed by atoms with Crippen molar-refractivity contribution in [2.45, 2.75) is 32.6 Å². The van der Waals surface area contributed by atoms with Crippen molar-refractivity contribution in [2.24, 2.45) is 0 Å². The van der Waals surface area contributed by atoms with E-state index in [9.17, 15) is 18.0 Å². The highest BCUT2D eigenvalue weighted by atomic mass is 35.5. The second-order valence-electron chi connectivity index (χ2n) is 6.81. The molecule has 0 spiro atoms. The van der Waals surface area contributed by atoms with E-state index in [1.54, 1.807) is 13.8 Å².